The van der Waals surface area contributed by atoms with Crippen molar-refractivity contribution >= 4 is 0 Å². The van der Waals surface area contributed by atoms with Crippen LogP contribution >= 0.6 is 0 Å². The summed E-state index contributed by atoms with van der Waals surface area (Å²) in [6, 6.07) is 12.4. The van der Waals surface area contributed by atoms with Crippen LogP contribution < -0.4 is 5.32 Å². The molecule has 1 aliphatic rings. The number of benzene rings is 1. The molecular weight excluding hydrogens is 208 g/mol. The first-order valence-electron chi connectivity index (χ1n) is 6.33. The third kappa shape index (κ3) is 3.08. The van der Waals surface area contributed by atoms with Gasteiger partial charge >= 0.3 is 0 Å². The van der Waals surface area contributed by atoms with E-state index in [4.69, 9.17) is 0 Å². The first kappa shape index (κ1) is 12.1. The molecule has 2 rings (SSSR count). The summed E-state index contributed by atoms with van der Waals surface area (Å²) in [6.45, 7) is 5.22. The van der Waals surface area contributed by atoms with Gasteiger partial charge in [-0.05, 0) is 38.2 Å². The first-order valence-corrected chi connectivity index (χ1v) is 6.33. The molecule has 1 unspecified atom stereocenters. The van der Waals surface area contributed by atoms with Crippen LogP contribution in [0.1, 0.15) is 38.2 Å². The van der Waals surface area contributed by atoms with Gasteiger partial charge in [0.2, 0.25) is 0 Å². The fourth-order valence-electron chi connectivity index (χ4n) is 2.24. The zero-order valence-corrected chi connectivity index (χ0v) is 10.6. The monoisotopic (exact) mass is 228 g/mol. The molecule has 0 bridgehead atoms. The predicted molar refractivity (Wildman–Crippen MR) is 69.6 cm³/mol. The standard InChI is InChI=1S/C15H20N2/c1-15(2,14-8-9-14)17-11-13(10-16)12-6-4-3-5-7-12/h3-7,13-14,17H,8-9,11H2,1-2H3. The Kier molecular flexibility index (Phi) is 3.49. The van der Waals surface area contributed by atoms with Crippen LogP contribution in [0.3, 0.4) is 0 Å². The lowest BCUT2D eigenvalue weighted by Crippen LogP contribution is -2.43. The molecule has 0 heterocycles. The number of hydrogen-bond donors (Lipinski definition) is 1. The van der Waals surface area contributed by atoms with E-state index in [9.17, 15) is 5.26 Å². The van der Waals surface area contributed by atoms with Crippen molar-refractivity contribution < 1.29 is 0 Å². The zero-order chi connectivity index (χ0) is 12.3. The molecule has 17 heavy (non-hydrogen) atoms. The van der Waals surface area contributed by atoms with Gasteiger partial charge in [-0.25, -0.2) is 0 Å². The van der Waals surface area contributed by atoms with Gasteiger partial charge in [0.1, 0.15) is 0 Å². The Morgan fingerprint density at radius 3 is 2.53 bits per heavy atom. The minimum absolute atomic E-state index is 0.0470. The van der Waals surface area contributed by atoms with Gasteiger partial charge in [0.05, 0.1) is 12.0 Å². The van der Waals surface area contributed by atoms with Crippen LogP contribution in [0.2, 0.25) is 0 Å². The molecule has 0 spiro atoms. The van der Waals surface area contributed by atoms with E-state index in [2.05, 4.69) is 25.2 Å². The van der Waals surface area contributed by atoms with Crippen LogP contribution in [0.15, 0.2) is 30.3 Å². The molecule has 1 atom stereocenters. The molecule has 1 aliphatic carbocycles. The van der Waals surface area contributed by atoms with Crippen molar-refractivity contribution in [1.29, 1.82) is 5.26 Å². The van der Waals surface area contributed by atoms with Crippen molar-refractivity contribution in [3.63, 3.8) is 0 Å². The van der Waals surface area contributed by atoms with Crippen LogP contribution in [0.5, 0.6) is 0 Å². The van der Waals surface area contributed by atoms with Gasteiger partial charge < -0.3 is 5.32 Å². The Balaban J connectivity index is 1.95. The molecule has 1 N–H and O–H groups in total. The van der Waals surface area contributed by atoms with E-state index < -0.39 is 0 Å². The smallest absolute Gasteiger partial charge is 0.0837 e. The van der Waals surface area contributed by atoms with Gasteiger partial charge in [-0.15, -0.1) is 0 Å². The number of nitrogens with one attached hydrogen (secondary N) is 1. The topological polar surface area (TPSA) is 35.8 Å². The summed E-state index contributed by atoms with van der Waals surface area (Å²) in [5, 5.41) is 12.8. The van der Waals surface area contributed by atoms with Gasteiger partial charge in [0.15, 0.2) is 0 Å². The van der Waals surface area contributed by atoms with Gasteiger partial charge in [-0.2, -0.15) is 5.26 Å². The van der Waals surface area contributed by atoms with E-state index in [-0.39, 0.29) is 11.5 Å². The fourth-order valence-corrected chi connectivity index (χ4v) is 2.24. The average molecular weight is 228 g/mol. The number of nitriles is 1. The second-order valence-electron chi connectivity index (χ2n) is 5.47. The van der Waals surface area contributed by atoms with Crippen LogP contribution in [0.4, 0.5) is 0 Å². The quantitative estimate of drug-likeness (QED) is 0.840. The van der Waals surface area contributed by atoms with E-state index in [1.807, 2.05) is 30.3 Å². The maximum Gasteiger partial charge on any atom is 0.0837 e. The van der Waals surface area contributed by atoms with E-state index in [0.717, 1.165) is 18.0 Å². The van der Waals surface area contributed by atoms with Crippen molar-refractivity contribution in [3.8, 4) is 6.07 Å². The highest BCUT2D eigenvalue weighted by atomic mass is 15.0. The third-order valence-corrected chi connectivity index (χ3v) is 3.72. The van der Waals surface area contributed by atoms with E-state index in [1.54, 1.807) is 0 Å². The molecule has 0 radical (unpaired) electrons. The molecular formula is C15H20N2. The molecule has 90 valence electrons. The second-order valence-corrected chi connectivity index (χ2v) is 5.47. The molecule has 0 aliphatic heterocycles. The van der Waals surface area contributed by atoms with E-state index >= 15 is 0 Å². The number of nitrogens with zero attached hydrogens (tertiary/aromatic N) is 1. The predicted octanol–water partition coefficient (Wildman–Crippen LogP) is 3.07. The number of hydrogen-bond acceptors (Lipinski definition) is 2. The highest BCUT2D eigenvalue weighted by Gasteiger charge is 2.37. The summed E-state index contributed by atoms with van der Waals surface area (Å²) < 4.78 is 0. The lowest BCUT2D eigenvalue weighted by Gasteiger charge is -2.27. The lowest BCUT2D eigenvalue weighted by molar-refractivity contribution is 0.339. The van der Waals surface area contributed by atoms with E-state index in [1.165, 1.54) is 12.8 Å². The Bertz CT molecular complexity index is 399. The molecule has 1 fully saturated rings. The number of rotatable bonds is 5. The summed E-state index contributed by atoms with van der Waals surface area (Å²) in [5.41, 5.74) is 1.28. The Morgan fingerprint density at radius 1 is 1.35 bits per heavy atom. The normalized spacial score (nSPS) is 17.5. The van der Waals surface area contributed by atoms with Crippen LogP contribution in [-0.4, -0.2) is 12.1 Å². The third-order valence-electron chi connectivity index (χ3n) is 3.72. The lowest BCUT2D eigenvalue weighted by atomic mass is 9.95. The molecule has 2 nitrogen and oxygen atoms in total. The molecule has 1 aromatic rings. The highest BCUT2D eigenvalue weighted by molar-refractivity contribution is 5.25. The van der Waals surface area contributed by atoms with E-state index in [0.29, 0.717) is 0 Å². The Morgan fingerprint density at radius 2 is 2.00 bits per heavy atom. The zero-order valence-electron chi connectivity index (χ0n) is 10.6. The molecule has 2 heteroatoms. The molecule has 0 amide bonds. The van der Waals surface area contributed by atoms with Gasteiger partial charge in [0.25, 0.3) is 0 Å². The summed E-state index contributed by atoms with van der Waals surface area (Å²) in [6.07, 6.45) is 2.64. The van der Waals surface area contributed by atoms with Crippen LogP contribution in [0.25, 0.3) is 0 Å². The van der Waals surface area contributed by atoms with Crippen molar-refractivity contribution in [1.82, 2.24) is 5.32 Å². The van der Waals surface area contributed by atoms with Gasteiger partial charge in [-0.3, -0.25) is 0 Å². The summed E-state index contributed by atoms with van der Waals surface area (Å²) in [4.78, 5) is 0. The van der Waals surface area contributed by atoms with Crippen molar-refractivity contribution in [2.75, 3.05) is 6.54 Å². The SMILES string of the molecule is CC(C)(NCC(C#N)c1ccccc1)C1CC1. The van der Waals surface area contributed by atoms with Crippen molar-refractivity contribution in [2.45, 2.75) is 38.1 Å². The van der Waals surface area contributed by atoms with Gasteiger partial charge in [-0.1, -0.05) is 30.3 Å². The molecule has 0 aromatic heterocycles. The largest absolute Gasteiger partial charge is 0.310 e. The average Bonchev–Trinajstić information content (AvgIpc) is 3.15. The Labute approximate surface area is 104 Å². The molecule has 0 saturated heterocycles. The van der Waals surface area contributed by atoms with Crippen LogP contribution in [-0.2, 0) is 0 Å². The second kappa shape index (κ2) is 4.89. The summed E-state index contributed by atoms with van der Waals surface area (Å²) in [5.74, 6) is 0.742. The fraction of sp³-hybridized carbons (Fsp3) is 0.533. The van der Waals surface area contributed by atoms with Crippen molar-refractivity contribution in [3.05, 3.63) is 35.9 Å². The summed E-state index contributed by atoms with van der Waals surface area (Å²) >= 11 is 0. The molecule has 1 aromatic carbocycles. The van der Waals surface area contributed by atoms with Gasteiger partial charge in [0, 0.05) is 12.1 Å². The summed E-state index contributed by atoms with van der Waals surface area (Å²) in [7, 11) is 0. The Hall–Kier alpha value is -1.33. The first-order chi connectivity index (χ1) is 8.13. The maximum absolute atomic E-state index is 9.24. The minimum Gasteiger partial charge on any atom is -0.310 e. The molecule has 1 saturated carbocycles. The van der Waals surface area contributed by atoms with Crippen molar-refractivity contribution in [2.24, 2.45) is 5.92 Å². The minimum atomic E-state index is -0.0470. The maximum atomic E-state index is 9.24. The highest BCUT2D eigenvalue weighted by Crippen LogP contribution is 2.39. The van der Waals surface area contributed by atoms with Crippen LogP contribution in [0, 0.1) is 17.2 Å².